The minimum absolute atomic E-state index is 0.0155. The summed E-state index contributed by atoms with van der Waals surface area (Å²) in [6.07, 6.45) is 4.10. The lowest BCUT2D eigenvalue weighted by Crippen LogP contribution is -2.33. The van der Waals surface area contributed by atoms with E-state index in [1.54, 1.807) is 17.1 Å². The summed E-state index contributed by atoms with van der Waals surface area (Å²) in [6.45, 7) is 2.17. The van der Waals surface area contributed by atoms with Gasteiger partial charge in [0.25, 0.3) is 0 Å². The minimum atomic E-state index is -0.119. The van der Waals surface area contributed by atoms with E-state index in [4.69, 9.17) is 14.2 Å². The van der Waals surface area contributed by atoms with Crippen LogP contribution in [0.5, 0.6) is 11.5 Å². The number of ether oxygens (including phenoxy) is 3. The van der Waals surface area contributed by atoms with Gasteiger partial charge in [-0.2, -0.15) is 5.10 Å². The molecule has 0 unspecified atom stereocenters. The Morgan fingerprint density at radius 2 is 2.17 bits per heavy atom. The van der Waals surface area contributed by atoms with Crippen molar-refractivity contribution < 1.29 is 19.0 Å². The number of aromatic nitrogens is 2. The average molecular weight is 329 g/mol. The van der Waals surface area contributed by atoms with Gasteiger partial charge in [-0.3, -0.25) is 9.48 Å². The Hall–Kier alpha value is -2.54. The molecule has 7 nitrogen and oxygen atoms in total. The van der Waals surface area contributed by atoms with Crippen molar-refractivity contribution in [1.82, 2.24) is 9.78 Å². The lowest BCUT2D eigenvalue weighted by Gasteiger charge is -2.26. The van der Waals surface area contributed by atoms with Gasteiger partial charge in [0.05, 0.1) is 31.0 Å². The van der Waals surface area contributed by atoms with Crippen molar-refractivity contribution >= 4 is 11.6 Å². The summed E-state index contributed by atoms with van der Waals surface area (Å²) in [5.41, 5.74) is 0.684. The summed E-state index contributed by atoms with van der Waals surface area (Å²) in [5.74, 6) is 1.43. The number of carbonyl (C=O) groups is 1. The molecule has 2 aliphatic heterocycles. The van der Waals surface area contributed by atoms with Gasteiger partial charge in [-0.25, -0.2) is 0 Å². The Morgan fingerprint density at radius 3 is 3.00 bits per heavy atom. The summed E-state index contributed by atoms with van der Waals surface area (Å²) in [4.78, 5) is 12.1. The lowest BCUT2D eigenvalue weighted by atomic mass is 10.1. The first kappa shape index (κ1) is 15.0. The van der Waals surface area contributed by atoms with Gasteiger partial charge in [0.2, 0.25) is 5.91 Å². The van der Waals surface area contributed by atoms with E-state index >= 15 is 0 Å². The molecule has 126 valence electrons. The molecular formula is C17H19N3O4. The van der Waals surface area contributed by atoms with E-state index in [1.165, 1.54) is 0 Å². The fraction of sp³-hybridized carbons (Fsp3) is 0.412. The van der Waals surface area contributed by atoms with Gasteiger partial charge in [-0.1, -0.05) is 12.1 Å². The molecule has 1 amide bonds. The van der Waals surface area contributed by atoms with Crippen molar-refractivity contribution in [2.24, 2.45) is 5.92 Å². The van der Waals surface area contributed by atoms with Crippen LogP contribution in [-0.2, 0) is 16.1 Å². The van der Waals surface area contributed by atoms with Crippen LogP contribution in [0.4, 0.5) is 5.69 Å². The van der Waals surface area contributed by atoms with Crippen LogP contribution < -0.4 is 14.8 Å². The molecule has 4 rings (SSSR count). The summed E-state index contributed by atoms with van der Waals surface area (Å²) in [7, 11) is 0. The topological polar surface area (TPSA) is 74.6 Å². The van der Waals surface area contributed by atoms with E-state index in [0.29, 0.717) is 32.1 Å². The fourth-order valence-electron chi connectivity index (χ4n) is 2.88. The van der Waals surface area contributed by atoms with E-state index in [2.05, 4.69) is 10.4 Å². The summed E-state index contributed by atoms with van der Waals surface area (Å²) in [5, 5.41) is 7.16. The molecule has 2 aromatic rings. The van der Waals surface area contributed by atoms with Crippen molar-refractivity contribution in [1.29, 1.82) is 0 Å². The largest absolute Gasteiger partial charge is 0.486 e. The van der Waals surface area contributed by atoms with Crippen molar-refractivity contribution in [3.63, 3.8) is 0 Å². The molecule has 1 saturated heterocycles. The average Bonchev–Trinajstić information content (AvgIpc) is 3.27. The third-order valence-corrected chi connectivity index (χ3v) is 4.16. The zero-order valence-corrected chi connectivity index (χ0v) is 13.2. The van der Waals surface area contributed by atoms with Crippen molar-refractivity contribution in [2.45, 2.75) is 19.1 Å². The molecule has 0 aliphatic carbocycles. The van der Waals surface area contributed by atoms with E-state index < -0.39 is 0 Å². The van der Waals surface area contributed by atoms with E-state index in [9.17, 15) is 4.79 Å². The number of nitrogens with one attached hydrogen (secondary N) is 1. The minimum Gasteiger partial charge on any atom is -0.486 e. The number of fused-ring (bicyclic) bond motifs is 1. The maximum absolute atomic E-state index is 12.1. The highest BCUT2D eigenvalue weighted by Crippen LogP contribution is 2.31. The smallest absolute Gasteiger partial charge is 0.229 e. The molecule has 1 N–H and O–H groups in total. The lowest BCUT2D eigenvalue weighted by molar-refractivity contribution is -0.119. The molecule has 2 aliphatic rings. The van der Waals surface area contributed by atoms with Crippen LogP contribution in [0.2, 0.25) is 0 Å². The first-order valence-electron chi connectivity index (χ1n) is 8.07. The van der Waals surface area contributed by atoms with Crippen LogP contribution in [-0.4, -0.2) is 41.6 Å². The maximum Gasteiger partial charge on any atom is 0.229 e. The van der Waals surface area contributed by atoms with Gasteiger partial charge in [-0.15, -0.1) is 0 Å². The fourth-order valence-corrected chi connectivity index (χ4v) is 2.88. The van der Waals surface area contributed by atoms with Gasteiger partial charge < -0.3 is 19.5 Å². The van der Waals surface area contributed by atoms with Crippen LogP contribution in [0.3, 0.4) is 0 Å². The second kappa shape index (κ2) is 6.52. The van der Waals surface area contributed by atoms with Gasteiger partial charge in [-0.05, 0) is 18.6 Å². The van der Waals surface area contributed by atoms with E-state index in [0.717, 1.165) is 17.9 Å². The van der Waals surface area contributed by atoms with Crippen molar-refractivity contribution in [2.75, 3.05) is 25.1 Å². The second-order valence-corrected chi connectivity index (χ2v) is 6.00. The van der Waals surface area contributed by atoms with Gasteiger partial charge >= 0.3 is 0 Å². The van der Waals surface area contributed by atoms with Gasteiger partial charge in [0.1, 0.15) is 6.61 Å². The number of amides is 1. The molecule has 7 heteroatoms. The quantitative estimate of drug-likeness (QED) is 0.924. The first-order valence-corrected chi connectivity index (χ1v) is 8.07. The molecule has 1 aromatic heterocycles. The van der Waals surface area contributed by atoms with E-state index in [-0.39, 0.29) is 17.9 Å². The predicted molar refractivity (Wildman–Crippen MR) is 86.1 cm³/mol. The molecule has 1 fully saturated rings. The van der Waals surface area contributed by atoms with Crippen LogP contribution >= 0.6 is 0 Å². The van der Waals surface area contributed by atoms with E-state index in [1.807, 2.05) is 24.3 Å². The second-order valence-electron chi connectivity index (χ2n) is 6.00. The number of hydrogen-bond acceptors (Lipinski definition) is 5. The molecule has 24 heavy (non-hydrogen) atoms. The molecule has 2 atom stereocenters. The predicted octanol–water partition coefficient (Wildman–Crippen LogP) is 1.70. The zero-order valence-electron chi connectivity index (χ0n) is 13.2. The Balaban J connectivity index is 1.35. The zero-order chi connectivity index (χ0) is 16.4. The summed E-state index contributed by atoms with van der Waals surface area (Å²) in [6, 6.07) is 7.61. The Morgan fingerprint density at radius 1 is 1.29 bits per heavy atom. The summed E-state index contributed by atoms with van der Waals surface area (Å²) >= 11 is 0. The molecule has 3 heterocycles. The highest BCUT2D eigenvalue weighted by molar-refractivity contribution is 5.92. The monoisotopic (exact) mass is 329 g/mol. The third kappa shape index (κ3) is 3.21. The highest BCUT2D eigenvalue weighted by atomic mass is 16.6. The number of hydrogen-bond donors (Lipinski definition) is 1. The van der Waals surface area contributed by atoms with Crippen LogP contribution in [0.1, 0.15) is 6.42 Å². The van der Waals surface area contributed by atoms with Crippen molar-refractivity contribution in [3.8, 4) is 11.5 Å². The Bertz CT molecular complexity index is 724. The molecule has 0 bridgehead atoms. The summed E-state index contributed by atoms with van der Waals surface area (Å²) < 4.78 is 18.6. The molecule has 1 aromatic carbocycles. The first-order chi connectivity index (χ1) is 11.8. The van der Waals surface area contributed by atoms with Gasteiger partial charge in [0.15, 0.2) is 17.6 Å². The van der Waals surface area contributed by atoms with Gasteiger partial charge in [0, 0.05) is 12.8 Å². The molecular weight excluding hydrogens is 310 g/mol. The molecule has 0 spiro atoms. The van der Waals surface area contributed by atoms with Crippen molar-refractivity contribution in [3.05, 3.63) is 36.7 Å². The number of carbonyl (C=O) groups excluding carboxylic acids is 1. The third-order valence-electron chi connectivity index (χ3n) is 4.16. The SMILES string of the molecule is O=C(Nc1cnn(C[C@@H]2COc3ccccc3O2)c1)[C@@H]1CCOC1. The molecule has 0 saturated carbocycles. The Labute approximate surface area is 139 Å². The highest BCUT2D eigenvalue weighted by Gasteiger charge is 2.24. The number of para-hydroxylation sites is 2. The standard InChI is InChI=1S/C17H19N3O4/c21-17(12-5-6-22-10-12)19-13-7-18-20(8-13)9-14-11-23-15-3-1-2-4-16(15)24-14/h1-4,7-8,12,14H,5-6,9-11H2,(H,19,21)/t12-,14-/m1/s1. The normalized spacial score (nSPS) is 22.3. The van der Waals surface area contributed by atoms with Crippen LogP contribution in [0.15, 0.2) is 36.7 Å². The van der Waals surface area contributed by atoms with Crippen LogP contribution in [0.25, 0.3) is 0 Å². The number of nitrogens with zero attached hydrogens (tertiary/aromatic N) is 2. The Kier molecular flexibility index (Phi) is 4.08. The van der Waals surface area contributed by atoms with Crippen LogP contribution in [0, 0.1) is 5.92 Å². The number of anilines is 1. The molecule has 0 radical (unpaired) electrons. The number of rotatable bonds is 4. The number of benzene rings is 1. The maximum atomic E-state index is 12.1.